The number of nitrogens with one attached hydrogen (secondary N) is 1. The van der Waals surface area contributed by atoms with Gasteiger partial charge >= 0.3 is 5.97 Å². The van der Waals surface area contributed by atoms with Crippen LogP contribution in [0.4, 0.5) is 5.00 Å². The molecule has 0 aliphatic rings. The van der Waals surface area contributed by atoms with Gasteiger partial charge in [-0.2, -0.15) is 0 Å². The van der Waals surface area contributed by atoms with Crippen molar-refractivity contribution >= 4 is 28.2 Å². The topological polar surface area (TPSA) is 79.3 Å². The third-order valence-corrected chi connectivity index (χ3v) is 3.85. The summed E-state index contributed by atoms with van der Waals surface area (Å²) in [5, 5.41) is 12.1. The van der Waals surface area contributed by atoms with Crippen LogP contribution in [-0.4, -0.2) is 22.0 Å². The van der Waals surface area contributed by atoms with E-state index < -0.39 is 11.9 Å². The second-order valence-corrected chi connectivity index (χ2v) is 5.19. The molecule has 2 N–H and O–H groups in total. The predicted molar refractivity (Wildman–Crippen MR) is 72.9 cm³/mol. The van der Waals surface area contributed by atoms with Gasteiger partial charge in [0.25, 0.3) is 5.91 Å². The number of hydrogen-bond donors (Lipinski definition) is 2. The van der Waals surface area contributed by atoms with Crippen molar-refractivity contribution in [2.24, 2.45) is 0 Å². The Balaban J connectivity index is 2.32. The smallest absolute Gasteiger partial charge is 0.338 e. The van der Waals surface area contributed by atoms with Gasteiger partial charge in [0, 0.05) is 11.1 Å². The molecule has 19 heavy (non-hydrogen) atoms. The van der Waals surface area contributed by atoms with Gasteiger partial charge in [0.05, 0.1) is 5.56 Å². The van der Waals surface area contributed by atoms with E-state index in [1.54, 1.807) is 25.1 Å². The molecule has 0 atom stereocenters. The molecule has 0 aliphatic carbocycles. The number of carbonyl (C=O) groups excluding carboxylic acids is 1. The van der Waals surface area contributed by atoms with Crippen molar-refractivity contribution in [3.05, 3.63) is 46.1 Å². The Hall–Kier alpha value is -2.21. The lowest BCUT2D eigenvalue weighted by molar-refractivity contribution is 0.0697. The zero-order valence-corrected chi connectivity index (χ0v) is 11.2. The predicted octanol–water partition coefficient (Wildman–Crippen LogP) is 2.71. The van der Waals surface area contributed by atoms with E-state index in [9.17, 15) is 14.7 Å². The Kier molecular flexibility index (Phi) is 3.62. The quantitative estimate of drug-likeness (QED) is 0.903. The first-order valence-electron chi connectivity index (χ1n) is 5.56. The number of nitrogens with zero attached hydrogens (tertiary/aromatic N) is 1. The summed E-state index contributed by atoms with van der Waals surface area (Å²) in [6, 6.07) is 4.98. The van der Waals surface area contributed by atoms with E-state index >= 15 is 0 Å². The Labute approximate surface area is 113 Å². The molecule has 0 aliphatic heterocycles. The molecule has 0 fully saturated rings. The van der Waals surface area contributed by atoms with Crippen LogP contribution >= 0.6 is 11.3 Å². The number of aromatic nitrogens is 1. The summed E-state index contributed by atoms with van der Waals surface area (Å²) in [5.41, 5.74) is 1.07. The molecule has 2 rings (SSSR count). The van der Waals surface area contributed by atoms with Gasteiger partial charge in [-0.05, 0) is 31.5 Å². The maximum Gasteiger partial charge on any atom is 0.338 e. The van der Waals surface area contributed by atoms with Crippen LogP contribution in [0, 0.1) is 13.8 Å². The van der Waals surface area contributed by atoms with E-state index in [1.165, 1.54) is 17.5 Å². The average Bonchev–Trinajstić information content (AvgIpc) is 2.65. The third-order valence-electron chi connectivity index (χ3n) is 2.72. The highest BCUT2D eigenvalue weighted by Gasteiger charge is 2.20. The fraction of sp³-hybridized carbons (Fsp3) is 0.154. The molecule has 1 amide bonds. The van der Waals surface area contributed by atoms with Crippen molar-refractivity contribution in [3.63, 3.8) is 0 Å². The first kappa shape index (κ1) is 13.2. The summed E-state index contributed by atoms with van der Waals surface area (Å²) >= 11 is 1.25. The fourth-order valence-electron chi connectivity index (χ4n) is 1.64. The van der Waals surface area contributed by atoms with Crippen LogP contribution in [0.2, 0.25) is 0 Å². The van der Waals surface area contributed by atoms with Crippen LogP contribution in [-0.2, 0) is 0 Å². The van der Waals surface area contributed by atoms with Gasteiger partial charge in [0.15, 0.2) is 0 Å². The van der Waals surface area contributed by atoms with E-state index in [2.05, 4.69) is 10.3 Å². The summed E-state index contributed by atoms with van der Waals surface area (Å²) in [7, 11) is 0. The number of carboxylic acids is 1. The van der Waals surface area contributed by atoms with Crippen molar-refractivity contribution in [2.45, 2.75) is 13.8 Å². The zero-order valence-electron chi connectivity index (χ0n) is 10.4. The molecular formula is C13H12N2O3S. The number of pyridine rings is 1. The van der Waals surface area contributed by atoms with E-state index in [1.807, 2.05) is 6.92 Å². The standard InChI is InChI=1S/C13H12N2O3S/c1-7-8(2)19-12(10(7)13(17)18)15-11(16)9-5-3-4-6-14-9/h3-6H,1-2H3,(H,15,16)(H,17,18). The van der Waals surface area contributed by atoms with E-state index in [4.69, 9.17) is 0 Å². The highest BCUT2D eigenvalue weighted by atomic mass is 32.1. The number of carbonyl (C=O) groups is 2. The summed E-state index contributed by atoms with van der Waals surface area (Å²) in [5.74, 6) is -1.46. The van der Waals surface area contributed by atoms with Crippen LogP contribution in [0.15, 0.2) is 24.4 Å². The first-order chi connectivity index (χ1) is 9.00. The van der Waals surface area contributed by atoms with Gasteiger partial charge in [-0.25, -0.2) is 4.79 Å². The second kappa shape index (κ2) is 5.19. The van der Waals surface area contributed by atoms with Crippen molar-refractivity contribution in [1.29, 1.82) is 0 Å². The number of amides is 1. The molecule has 0 unspecified atom stereocenters. The number of aromatic carboxylic acids is 1. The summed E-state index contributed by atoms with van der Waals surface area (Å²) in [6.45, 7) is 3.55. The lowest BCUT2D eigenvalue weighted by Crippen LogP contribution is -2.14. The van der Waals surface area contributed by atoms with Gasteiger partial charge in [-0.1, -0.05) is 6.07 Å². The molecule has 2 heterocycles. The molecule has 2 aromatic heterocycles. The van der Waals surface area contributed by atoms with Gasteiger partial charge in [0.2, 0.25) is 0 Å². The minimum atomic E-state index is -1.04. The summed E-state index contributed by atoms with van der Waals surface area (Å²) in [4.78, 5) is 28.0. The SMILES string of the molecule is Cc1sc(NC(=O)c2ccccn2)c(C(=O)O)c1C. The number of rotatable bonds is 3. The summed E-state index contributed by atoms with van der Waals surface area (Å²) < 4.78 is 0. The molecule has 0 radical (unpaired) electrons. The van der Waals surface area contributed by atoms with Crippen LogP contribution in [0.1, 0.15) is 31.3 Å². The maximum atomic E-state index is 11.9. The van der Waals surface area contributed by atoms with Crippen LogP contribution in [0.25, 0.3) is 0 Å². The molecule has 98 valence electrons. The van der Waals surface area contributed by atoms with Crippen molar-refractivity contribution in [3.8, 4) is 0 Å². The molecule has 0 bridgehead atoms. The zero-order chi connectivity index (χ0) is 14.0. The normalized spacial score (nSPS) is 10.2. The van der Waals surface area contributed by atoms with Crippen LogP contribution < -0.4 is 5.32 Å². The van der Waals surface area contributed by atoms with E-state index in [0.29, 0.717) is 10.6 Å². The highest BCUT2D eigenvalue weighted by Crippen LogP contribution is 2.32. The van der Waals surface area contributed by atoms with Crippen molar-refractivity contribution in [1.82, 2.24) is 4.98 Å². The lowest BCUT2D eigenvalue weighted by Gasteiger charge is -2.03. The van der Waals surface area contributed by atoms with Crippen LogP contribution in [0.5, 0.6) is 0 Å². The first-order valence-corrected chi connectivity index (χ1v) is 6.38. The van der Waals surface area contributed by atoms with E-state index in [-0.39, 0.29) is 11.3 Å². The molecule has 2 aromatic rings. The maximum absolute atomic E-state index is 11.9. The number of carboxylic acid groups (broad SMARTS) is 1. The molecule has 0 spiro atoms. The monoisotopic (exact) mass is 276 g/mol. The number of anilines is 1. The van der Waals surface area contributed by atoms with Gasteiger partial charge in [-0.3, -0.25) is 9.78 Å². The lowest BCUT2D eigenvalue weighted by atomic mass is 10.1. The molecule has 0 saturated heterocycles. The largest absolute Gasteiger partial charge is 0.478 e. The molecule has 0 saturated carbocycles. The Bertz CT molecular complexity index is 635. The molecule has 0 aromatic carbocycles. The van der Waals surface area contributed by atoms with Crippen molar-refractivity contribution < 1.29 is 14.7 Å². The minimum absolute atomic E-state index is 0.145. The van der Waals surface area contributed by atoms with E-state index in [0.717, 1.165) is 4.88 Å². The third kappa shape index (κ3) is 2.63. The highest BCUT2D eigenvalue weighted by molar-refractivity contribution is 7.16. The minimum Gasteiger partial charge on any atom is -0.478 e. The molecule has 5 nitrogen and oxygen atoms in total. The number of aryl methyl sites for hydroxylation is 1. The Morgan fingerprint density at radius 1 is 1.32 bits per heavy atom. The van der Waals surface area contributed by atoms with Gasteiger partial charge in [0.1, 0.15) is 10.7 Å². The van der Waals surface area contributed by atoms with Gasteiger partial charge < -0.3 is 10.4 Å². The fourth-order valence-corrected chi connectivity index (χ4v) is 2.68. The Morgan fingerprint density at radius 2 is 2.05 bits per heavy atom. The number of thiophene rings is 1. The van der Waals surface area contributed by atoms with Gasteiger partial charge in [-0.15, -0.1) is 11.3 Å². The number of hydrogen-bond acceptors (Lipinski definition) is 4. The van der Waals surface area contributed by atoms with Crippen molar-refractivity contribution in [2.75, 3.05) is 5.32 Å². The molecule has 6 heteroatoms. The van der Waals surface area contributed by atoms with Crippen LogP contribution in [0.3, 0.4) is 0 Å². The molecular weight excluding hydrogens is 264 g/mol. The summed E-state index contributed by atoms with van der Waals surface area (Å²) in [6.07, 6.45) is 1.51. The second-order valence-electron chi connectivity index (χ2n) is 3.96. The average molecular weight is 276 g/mol. The Morgan fingerprint density at radius 3 is 2.63 bits per heavy atom.